The Morgan fingerprint density at radius 3 is 2.31 bits per heavy atom. The van der Waals surface area contributed by atoms with Crippen LogP contribution in [0.5, 0.6) is 5.75 Å². The summed E-state index contributed by atoms with van der Waals surface area (Å²) in [6, 6.07) is 1.79. The molecule has 0 radical (unpaired) electrons. The zero-order chi connectivity index (χ0) is 10.2. The molecular weight excluding hydrogens is 251 g/mol. The van der Waals surface area contributed by atoms with Crippen molar-refractivity contribution in [2.24, 2.45) is 0 Å². The molecule has 3 N–H and O–H groups in total. The van der Waals surface area contributed by atoms with Crippen LogP contribution in [0.2, 0.25) is 0 Å². The van der Waals surface area contributed by atoms with Crippen LogP contribution in [-0.2, 0) is 6.18 Å². The lowest BCUT2D eigenvalue weighted by Gasteiger charge is -2.10. The van der Waals surface area contributed by atoms with Gasteiger partial charge in [0.2, 0.25) is 0 Å². The molecule has 0 heterocycles. The summed E-state index contributed by atoms with van der Waals surface area (Å²) in [6.45, 7) is 0. The molecular formula is C7H5BrF3NO. The van der Waals surface area contributed by atoms with Gasteiger partial charge in [0.25, 0.3) is 0 Å². The van der Waals surface area contributed by atoms with E-state index in [0.717, 1.165) is 12.1 Å². The lowest BCUT2D eigenvalue weighted by molar-refractivity contribution is -0.138. The maximum atomic E-state index is 12.2. The van der Waals surface area contributed by atoms with Crippen molar-refractivity contribution in [3.63, 3.8) is 0 Å². The van der Waals surface area contributed by atoms with Crippen LogP contribution >= 0.6 is 15.9 Å². The van der Waals surface area contributed by atoms with Crippen molar-refractivity contribution < 1.29 is 18.3 Å². The molecule has 0 bridgehead atoms. The van der Waals surface area contributed by atoms with Gasteiger partial charge in [0.05, 0.1) is 10.0 Å². The number of aromatic hydroxyl groups is 1. The normalized spacial score (nSPS) is 11.7. The van der Waals surface area contributed by atoms with Crippen molar-refractivity contribution in [3.8, 4) is 5.75 Å². The number of phenolic OH excluding ortho intramolecular Hbond substituents is 1. The lowest BCUT2D eigenvalue weighted by atomic mass is 10.2. The van der Waals surface area contributed by atoms with E-state index in [1.54, 1.807) is 0 Å². The molecule has 0 aliphatic rings. The Morgan fingerprint density at radius 2 is 1.85 bits per heavy atom. The maximum Gasteiger partial charge on any atom is 0.417 e. The molecule has 0 aliphatic carbocycles. The van der Waals surface area contributed by atoms with Crippen molar-refractivity contribution in [2.75, 3.05) is 5.73 Å². The van der Waals surface area contributed by atoms with Gasteiger partial charge in [-0.3, -0.25) is 0 Å². The van der Waals surface area contributed by atoms with E-state index >= 15 is 0 Å². The molecule has 2 nitrogen and oxygen atoms in total. The van der Waals surface area contributed by atoms with Gasteiger partial charge < -0.3 is 10.8 Å². The highest BCUT2D eigenvalue weighted by Gasteiger charge is 2.34. The predicted octanol–water partition coefficient (Wildman–Crippen LogP) is 2.76. The number of nitrogen functional groups attached to an aromatic ring is 1. The van der Waals surface area contributed by atoms with E-state index in [1.807, 2.05) is 0 Å². The molecule has 0 spiro atoms. The second kappa shape index (κ2) is 3.10. The Balaban J connectivity index is 3.37. The van der Waals surface area contributed by atoms with E-state index in [9.17, 15) is 13.2 Å². The third-order valence-corrected chi connectivity index (χ3v) is 2.21. The van der Waals surface area contributed by atoms with Gasteiger partial charge in [-0.15, -0.1) is 0 Å². The fraction of sp³-hybridized carbons (Fsp3) is 0.143. The van der Waals surface area contributed by atoms with Crippen molar-refractivity contribution >= 4 is 21.6 Å². The fourth-order valence-corrected chi connectivity index (χ4v) is 1.29. The van der Waals surface area contributed by atoms with Crippen molar-refractivity contribution in [2.45, 2.75) is 6.18 Å². The van der Waals surface area contributed by atoms with Gasteiger partial charge in [-0.25, -0.2) is 0 Å². The summed E-state index contributed by atoms with van der Waals surface area (Å²) in [7, 11) is 0. The SMILES string of the molecule is Nc1cc(O)c(Br)c(C(F)(F)F)c1. The van der Waals surface area contributed by atoms with Gasteiger partial charge in [0.15, 0.2) is 0 Å². The summed E-state index contributed by atoms with van der Waals surface area (Å²) in [5.74, 6) is -0.521. The number of anilines is 1. The van der Waals surface area contributed by atoms with Crippen LogP contribution in [0.1, 0.15) is 5.56 Å². The topological polar surface area (TPSA) is 46.2 Å². The van der Waals surface area contributed by atoms with Crippen LogP contribution in [-0.4, -0.2) is 5.11 Å². The molecule has 1 aromatic rings. The minimum atomic E-state index is -4.52. The molecule has 6 heteroatoms. The van der Waals surface area contributed by atoms with Gasteiger partial charge in [-0.2, -0.15) is 13.2 Å². The van der Waals surface area contributed by atoms with E-state index < -0.39 is 22.0 Å². The molecule has 0 atom stereocenters. The average molecular weight is 256 g/mol. The summed E-state index contributed by atoms with van der Waals surface area (Å²) in [6.07, 6.45) is -4.52. The van der Waals surface area contributed by atoms with Crippen LogP contribution in [0.4, 0.5) is 18.9 Å². The summed E-state index contributed by atoms with van der Waals surface area (Å²) >= 11 is 2.62. The highest BCUT2D eigenvalue weighted by atomic mass is 79.9. The Labute approximate surface area is 80.3 Å². The first-order valence-corrected chi connectivity index (χ1v) is 3.97. The predicted molar refractivity (Wildman–Crippen MR) is 45.2 cm³/mol. The van der Waals surface area contributed by atoms with E-state index in [0.29, 0.717) is 0 Å². The molecule has 1 rings (SSSR count). The number of phenols is 1. The van der Waals surface area contributed by atoms with E-state index in [2.05, 4.69) is 15.9 Å². The Morgan fingerprint density at radius 1 is 1.31 bits per heavy atom. The number of hydrogen-bond acceptors (Lipinski definition) is 2. The van der Waals surface area contributed by atoms with Crippen molar-refractivity contribution in [1.29, 1.82) is 0 Å². The number of nitrogens with two attached hydrogens (primary N) is 1. The van der Waals surface area contributed by atoms with E-state index in [1.165, 1.54) is 0 Å². The number of benzene rings is 1. The van der Waals surface area contributed by atoms with Crippen LogP contribution in [0.3, 0.4) is 0 Å². The third-order valence-electron chi connectivity index (χ3n) is 1.38. The Bertz CT molecular complexity index is 337. The summed E-state index contributed by atoms with van der Waals surface area (Å²) in [5.41, 5.74) is 4.03. The van der Waals surface area contributed by atoms with Crippen LogP contribution in [0.15, 0.2) is 16.6 Å². The van der Waals surface area contributed by atoms with Crippen molar-refractivity contribution in [3.05, 3.63) is 22.2 Å². The Hall–Kier alpha value is -0.910. The molecule has 72 valence electrons. The highest BCUT2D eigenvalue weighted by molar-refractivity contribution is 9.10. The summed E-state index contributed by atoms with van der Waals surface area (Å²) in [4.78, 5) is 0. The molecule has 13 heavy (non-hydrogen) atoms. The van der Waals surface area contributed by atoms with Crippen LogP contribution < -0.4 is 5.73 Å². The number of halogens is 4. The Kier molecular flexibility index (Phi) is 2.42. The summed E-state index contributed by atoms with van der Waals surface area (Å²) < 4.78 is 36.2. The van der Waals surface area contributed by atoms with Gasteiger partial charge >= 0.3 is 6.18 Å². The fourth-order valence-electron chi connectivity index (χ4n) is 0.837. The minimum Gasteiger partial charge on any atom is -0.507 e. The van der Waals surface area contributed by atoms with Gasteiger partial charge in [0, 0.05) is 11.8 Å². The monoisotopic (exact) mass is 255 g/mol. The van der Waals surface area contributed by atoms with Crippen LogP contribution in [0.25, 0.3) is 0 Å². The highest BCUT2D eigenvalue weighted by Crippen LogP contribution is 2.40. The van der Waals surface area contributed by atoms with Crippen LogP contribution in [0, 0.1) is 0 Å². The average Bonchev–Trinajstić information content (AvgIpc) is 1.94. The molecule has 0 aliphatic heterocycles. The van der Waals surface area contributed by atoms with Gasteiger partial charge in [0.1, 0.15) is 5.75 Å². The van der Waals surface area contributed by atoms with E-state index in [-0.39, 0.29) is 5.69 Å². The first kappa shape index (κ1) is 10.2. The first-order chi connectivity index (χ1) is 5.82. The second-order valence-corrected chi connectivity index (χ2v) is 3.19. The van der Waals surface area contributed by atoms with E-state index in [4.69, 9.17) is 10.8 Å². The number of rotatable bonds is 0. The standard InChI is InChI=1S/C7H5BrF3NO/c8-6-4(7(9,10)11)1-3(12)2-5(6)13/h1-2,13H,12H2. The second-order valence-electron chi connectivity index (χ2n) is 2.40. The third kappa shape index (κ3) is 2.06. The maximum absolute atomic E-state index is 12.2. The zero-order valence-corrected chi connectivity index (χ0v) is 7.78. The molecule has 0 saturated carbocycles. The zero-order valence-electron chi connectivity index (χ0n) is 6.19. The largest absolute Gasteiger partial charge is 0.507 e. The van der Waals surface area contributed by atoms with Gasteiger partial charge in [-0.1, -0.05) is 0 Å². The first-order valence-electron chi connectivity index (χ1n) is 3.17. The molecule has 0 aromatic heterocycles. The smallest absolute Gasteiger partial charge is 0.417 e. The molecule has 0 fully saturated rings. The number of hydrogen-bond donors (Lipinski definition) is 2. The quantitative estimate of drug-likeness (QED) is 0.701. The minimum absolute atomic E-state index is 0.131. The molecule has 0 amide bonds. The van der Waals surface area contributed by atoms with Crippen molar-refractivity contribution in [1.82, 2.24) is 0 Å². The lowest BCUT2D eigenvalue weighted by Crippen LogP contribution is -2.06. The summed E-state index contributed by atoms with van der Waals surface area (Å²) in [5, 5.41) is 9.02. The molecule has 1 aromatic carbocycles. The molecule has 0 saturated heterocycles. The number of alkyl halides is 3. The van der Waals surface area contributed by atoms with Gasteiger partial charge in [-0.05, 0) is 22.0 Å². The molecule has 0 unspecified atom stereocenters.